The van der Waals surface area contributed by atoms with Gasteiger partial charge in [0.05, 0.1) is 7.11 Å². The van der Waals surface area contributed by atoms with E-state index in [1.54, 1.807) is 26.1 Å². The molecule has 0 aliphatic heterocycles. The van der Waals surface area contributed by atoms with E-state index in [2.05, 4.69) is 39.9 Å². The van der Waals surface area contributed by atoms with Gasteiger partial charge in [0.2, 0.25) is 5.91 Å². The van der Waals surface area contributed by atoms with Gasteiger partial charge < -0.3 is 20.3 Å². The Bertz CT molecular complexity index is 749. The summed E-state index contributed by atoms with van der Waals surface area (Å²) in [5, 5.41) is 6.63. The van der Waals surface area contributed by atoms with Crippen LogP contribution in [0.5, 0.6) is 5.75 Å². The lowest BCUT2D eigenvalue weighted by Gasteiger charge is -2.14. The largest absolute Gasteiger partial charge is 0.497 e. The summed E-state index contributed by atoms with van der Waals surface area (Å²) in [6.07, 6.45) is 1.74. The first-order valence-electron chi connectivity index (χ1n) is 9.47. The number of likely N-dealkylation sites (N-methyl/N-ethyl adjacent to an activating group) is 1. The van der Waals surface area contributed by atoms with Crippen LogP contribution in [-0.2, 0) is 17.6 Å². The van der Waals surface area contributed by atoms with Crippen LogP contribution >= 0.6 is 24.0 Å². The van der Waals surface area contributed by atoms with E-state index in [1.165, 1.54) is 11.1 Å². The van der Waals surface area contributed by atoms with Crippen molar-refractivity contribution >= 4 is 35.8 Å². The van der Waals surface area contributed by atoms with Gasteiger partial charge in [-0.05, 0) is 36.1 Å². The van der Waals surface area contributed by atoms with E-state index in [4.69, 9.17) is 4.74 Å². The third-order valence-electron chi connectivity index (χ3n) is 4.29. The molecule has 2 N–H and O–H groups in total. The lowest BCUT2D eigenvalue weighted by Crippen LogP contribution is -2.40. The zero-order valence-electron chi connectivity index (χ0n) is 17.4. The Morgan fingerprint density at radius 2 is 1.48 bits per heavy atom. The number of benzene rings is 2. The van der Waals surface area contributed by atoms with Gasteiger partial charge in [0.15, 0.2) is 5.96 Å². The zero-order chi connectivity index (χ0) is 20.2. The minimum Gasteiger partial charge on any atom is -0.497 e. The topological polar surface area (TPSA) is 66.0 Å². The van der Waals surface area contributed by atoms with Crippen LogP contribution < -0.4 is 15.4 Å². The quantitative estimate of drug-likeness (QED) is 0.310. The van der Waals surface area contributed by atoms with Crippen LogP contribution in [0.2, 0.25) is 0 Å². The van der Waals surface area contributed by atoms with Crippen molar-refractivity contribution in [2.45, 2.75) is 12.8 Å². The second kappa shape index (κ2) is 13.8. The first kappa shape index (κ1) is 24.7. The first-order valence-corrected chi connectivity index (χ1v) is 9.47. The molecular weight excluding hydrogens is 479 g/mol. The molecule has 7 heteroatoms. The summed E-state index contributed by atoms with van der Waals surface area (Å²) in [6.45, 7) is 1.59. The number of carbonyl (C=O) groups excluding carboxylic acids is 1. The Balaban J connectivity index is 0.00000420. The molecule has 158 valence electrons. The van der Waals surface area contributed by atoms with Crippen molar-refractivity contribution < 1.29 is 9.53 Å². The Morgan fingerprint density at radius 1 is 0.931 bits per heavy atom. The van der Waals surface area contributed by atoms with Gasteiger partial charge in [-0.3, -0.25) is 4.79 Å². The molecule has 2 rings (SSSR count). The molecule has 1 amide bonds. The van der Waals surface area contributed by atoms with E-state index >= 15 is 0 Å². The van der Waals surface area contributed by atoms with E-state index in [0.29, 0.717) is 5.96 Å². The number of methoxy groups -OCH3 is 1. The van der Waals surface area contributed by atoms with Crippen molar-refractivity contribution in [3.8, 4) is 5.75 Å². The number of amides is 1. The average Bonchev–Trinajstić information content (AvgIpc) is 2.72. The zero-order valence-corrected chi connectivity index (χ0v) is 19.7. The molecule has 0 unspecified atom stereocenters. The monoisotopic (exact) mass is 510 g/mol. The van der Waals surface area contributed by atoms with Gasteiger partial charge >= 0.3 is 0 Å². The van der Waals surface area contributed by atoms with Gasteiger partial charge in [-0.1, -0.05) is 42.5 Å². The van der Waals surface area contributed by atoms with Crippen molar-refractivity contribution in [3.63, 3.8) is 0 Å². The van der Waals surface area contributed by atoms with E-state index in [9.17, 15) is 4.79 Å². The number of ether oxygens (including phenoxy) is 1. The summed E-state index contributed by atoms with van der Waals surface area (Å²) >= 11 is 0. The first-order chi connectivity index (χ1) is 13.6. The summed E-state index contributed by atoms with van der Waals surface area (Å²) in [4.78, 5) is 17.8. The highest BCUT2D eigenvalue weighted by Gasteiger charge is 2.05. The summed E-state index contributed by atoms with van der Waals surface area (Å²) in [5.41, 5.74) is 2.47. The van der Waals surface area contributed by atoms with Crippen LogP contribution in [0.25, 0.3) is 0 Å². The fourth-order valence-corrected chi connectivity index (χ4v) is 2.55. The van der Waals surface area contributed by atoms with Crippen molar-refractivity contribution in [2.75, 3.05) is 40.8 Å². The van der Waals surface area contributed by atoms with E-state index in [1.807, 2.05) is 30.3 Å². The number of nitrogens with one attached hydrogen (secondary N) is 2. The van der Waals surface area contributed by atoms with Crippen LogP contribution in [0.3, 0.4) is 0 Å². The fraction of sp³-hybridized carbons (Fsp3) is 0.364. The molecule has 0 radical (unpaired) electrons. The maximum Gasteiger partial charge on any atom is 0.243 e. The number of carbonyl (C=O) groups is 1. The summed E-state index contributed by atoms with van der Waals surface area (Å²) in [6, 6.07) is 18.3. The van der Waals surface area contributed by atoms with Crippen molar-refractivity contribution in [1.82, 2.24) is 15.5 Å². The molecule has 0 atom stereocenters. The lowest BCUT2D eigenvalue weighted by molar-refractivity contribution is -0.127. The van der Waals surface area contributed by atoms with E-state index in [0.717, 1.165) is 31.7 Å². The summed E-state index contributed by atoms with van der Waals surface area (Å²) in [7, 11) is 5.13. The third-order valence-corrected chi connectivity index (χ3v) is 4.29. The Labute approximate surface area is 190 Å². The Hall–Kier alpha value is -2.29. The highest BCUT2D eigenvalue weighted by molar-refractivity contribution is 14.0. The number of halogens is 1. The fourth-order valence-electron chi connectivity index (χ4n) is 2.55. The van der Waals surface area contributed by atoms with Gasteiger partial charge in [-0.2, -0.15) is 0 Å². The molecule has 0 aliphatic carbocycles. The average molecular weight is 510 g/mol. The van der Waals surface area contributed by atoms with Crippen LogP contribution in [0.1, 0.15) is 11.1 Å². The molecule has 2 aromatic rings. The SMILES string of the molecule is COc1ccc(CCNC(=NCC(=O)N(C)C)NCCc2ccccc2)cc1.I. The van der Waals surface area contributed by atoms with Gasteiger partial charge in [0, 0.05) is 27.2 Å². The number of nitrogens with zero attached hydrogens (tertiary/aromatic N) is 2. The number of guanidine groups is 1. The van der Waals surface area contributed by atoms with E-state index < -0.39 is 0 Å². The van der Waals surface area contributed by atoms with Crippen LogP contribution in [-0.4, -0.2) is 57.6 Å². The highest BCUT2D eigenvalue weighted by Crippen LogP contribution is 2.11. The number of hydrogen-bond acceptors (Lipinski definition) is 3. The predicted octanol–water partition coefficient (Wildman–Crippen LogP) is 2.72. The second-order valence-electron chi connectivity index (χ2n) is 6.64. The van der Waals surface area contributed by atoms with Crippen molar-refractivity contribution in [1.29, 1.82) is 0 Å². The molecule has 29 heavy (non-hydrogen) atoms. The lowest BCUT2D eigenvalue weighted by atomic mass is 10.1. The minimum atomic E-state index is -0.0284. The van der Waals surface area contributed by atoms with Gasteiger partial charge in [-0.15, -0.1) is 24.0 Å². The molecule has 0 aromatic heterocycles. The second-order valence-corrected chi connectivity index (χ2v) is 6.64. The van der Waals surface area contributed by atoms with Gasteiger partial charge in [-0.25, -0.2) is 4.99 Å². The molecule has 0 saturated carbocycles. The molecule has 2 aromatic carbocycles. The number of hydrogen-bond donors (Lipinski definition) is 2. The molecule has 0 saturated heterocycles. The minimum absolute atomic E-state index is 0. The molecular formula is C22H31IN4O2. The Kier molecular flexibility index (Phi) is 11.8. The highest BCUT2D eigenvalue weighted by atomic mass is 127. The molecule has 0 heterocycles. The summed E-state index contributed by atoms with van der Waals surface area (Å²) in [5.74, 6) is 1.47. The maximum absolute atomic E-state index is 11.8. The third kappa shape index (κ3) is 9.65. The molecule has 0 bridgehead atoms. The molecule has 0 aliphatic rings. The van der Waals surface area contributed by atoms with Gasteiger partial charge in [0.25, 0.3) is 0 Å². The normalized spacial score (nSPS) is 10.7. The Morgan fingerprint density at radius 3 is 2.00 bits per heavy atom. The standard InChI is InChI=1S/C22H30N4O2.HI/c1-26(2)21(27)17-25-22(23-15-13-18-7-5-4-6-8-18)24-16-14-19-9-11-20(28-3)12-10-19;/h4-12H,13-17H2,1-3H3,(H2,23,24,25);1H. The van der Waals surface area contributed by atoms with Crippen molar-refractivity contribution in [3.05, 3.63) is 65.7 Å². The molecule has 0 fully saturated rings. The maximum atomic E-state index is 11.8. The van der Waals surface area contributed by atoms with E-state index in [-0.39, 0.29) is 36.4 Å². The van der Waals surface area contributed by atoms with Crippen molar-refractivity contribution in [2.24, 2.45) is 4.99 Å². The van der Waals surface area contributed by atoms with Gasteiger partial charge in [0.1, 0.15) is 12.3 Å². The smallest absolute Gasteiger partial charge is 0.243 e. The van der Waals surface area contributed by atoms with Crippen LogP contribution in [0.15, 0.2) is 59.6 Å². The molecule has 0 spiro atoms. The number of rotatable bonds is 9. The number of aliphatic imine (C=N–C) groups is 1. The van der Waals surface area contributed by atoms with Crippen LogP contribution in [0.4, 0.5) is 0 Å². The molecule has 6 nitrogen and oxygen atoms in total. The predicted molar refractivity (Wildman–Crippen MR) is 129 cm³/mol. The summed E-state index contributed by atoms with van der Waals surface area (Å²) < 4.78 is 5.19. The van der Waals surface area contributed by atoms with Crippen LogP contribution in [0, 0.1) is 0 Å².